The number of rotatable bonds is 5. The summed E-state index contributed by atoms with van der Waals surface area (Å²) in [6.45, 7) is 2.36. The lowest BCUT2D eigenvalue weighted by atomic mass is 10.1. The summed E-state index contributed by atoms with van der Waals surface area (Å²) < 4.78 is 14.2. The van der Waals surface area contributed by atoms with Crippen LogP contribution in [0.3, 0.4) is 0 Å². The van der Waals surface area contributed by atoms with E-state index in [0.29, 0.717) is 12.2 Å². The average Bonchev–Trinajstić information content (AvgIpc) is 2.69. The maximum atomic E-state index is 13.2. The quantitative estimate of drug-likeness (QED) is 0.503. The highest BCUT2D eigenvalue weighted by Crippen LogP contribution is 2.24. The van der Waals surface area contributed by atoms with Gasteiger partial charge in [0.25, 0.3) is 0 Å². The van der Waals surface area contributed by atoms with Crippen LogP contribution in [0.4, 0.5) is 14.9 Å². The summed E-state index contributed by atoms with van der Waals surface area (Å²) in [6, 6.07) is 23.1. The number of hydrogen-bond donors (Lipinski definition) is 1. The molecule has 0 aromatic heterocycles. The Morgan fingerprint density at radius 1 is 1.00 bits per heavy atom. The van der Waals surface area contributed by atoms with E-state index >= 15 is 0 Å². The number of urea groups is 1. The number of nitrogens with zero attached hydrogens (tertiary/aromatic N) is 1. The Morgan fingerprint density at radius 3 is 2.26 bits per heavy atom. The topological polar surface area (TPSA) is 32.3 Å². The van der Waals surface area contributed by atoms with Gasteiger partial charge in [0.2, 0.25) is 0 Å². The molecule has 0 aliphatic heterocycles. The number of hydrogen-bond acceptors (Lipinski definition) is 1. The van der Waals surface area contributed by atoms with Crippen LogP contribution in [0.5, 0.6) is 0 Å². The van der Waals surface area contributed by atoms with E-state index in [4.69, 9.17) is 0 Å². The molecule has 3 aromatic rings. The molecule has 1 atom stereocenters. The molecule has 138 valence electrons. The number of anilines is 1. The van der Waals surface area contributed by atoms with Crippen LogP contribution in [0.2, 0.25) is 0 Å². The summed E-state index contributed by atoms with van der Waals surface area (Å²) in [5, 5.41) is 2.94. The maximum Gasteiger partial charge on any atom is 0.322 e. The van der Waals surface area contributed by atoms with Crippen LogP contribution < -0.4 is 5.32 Å². The highest BCUT2D eigenvalue weighted by molar-refractivity contribution is 9.10. The van der Waals surface area contributed by atoms with Crippen molar-refractivity contribution in [2.24, 2.45) is 0 Å². The van der Waals surface area contributed by atoms with Gasteiger partial charge in [0.05, 0.1) is 6.04 Å². The van der Waals surface area contributed by atoms with Crippen LogP contribution in [0.25, 0.3) is 0 Å². The number of benzene rings is 3. The van der Waals surface area contributed by atoms with E-state index < -0.39 is 0 Å². The van der Waals surface area contributed by atoms with E-state index in [1.54, 1.807) is 17.0 Å². The molecule has 3 rings (SSSR count). The van der Waals surface area contributed by atoms with Gasteiger partial charge in [-0.15, -0.1) is 0 Å². The number of carbonyl (C=O) groups excluding carboxylic acids is 1. The first-order chi connectivity index (χ1) is 13.0. The molecule has 1 unspecified atom stereocenters. The van der Waals surface area contributed by atoms with Crippen LogP contribution in [0.15, 0.2) is 83.3 Å². The maximum absolute atomic E-state index is 13.2. The zero-order valence-corrected chi connectivity index (χ0v) is 16.5. The molecule has 0 aliphatic rings. The van der Waals surface area contributed by atoms with Crippen molar-refractivity contribution in [2.75, 3.05) is 5.32 Å². The molecule has 0 spiro atoms. The van der Waals surface area contributed by atoms with Crippen molar-refractivity contribution in [1.29, 1.82) is 0 Å². The lowest BCUT2D eigenvalue weighted by Crippen LogP contribution is -2.36. The third-order valence-corrected chi connectivity index (χ3v) is 4.90. The predicted molar refractivity (Wildman–Crippen MR) is 110 cm³/mol. The molecule has 5 heteroatoms. The zero-order chi connectivity index (χ0) is 19.2. The van der Waals surface area contributed by atoms with Crippen molar-refractivity contribution >= 4 is 27.6 Å². The Balaban J connectivity index is 1.84. The molecule has 0 saturated carbocycles. The van der Waals surface area contributed by atoms with Crippen molar-refractivity contribution in [2.45, 2.75) is 19.5 Å². The average molecular weight is 427 g/mol. The first-order valence-corrected chi connectivity index (χ1v) is 9.45. The minimum absolute atomic E-state index is 0.147. The zero-order valence-electron chi connectivity index (χ0n) is 14.9. The first-order valence-electron chi connectivity index (χ1n) is 8.65. The number of amides is 2. The van der Waals surface area contributed by atoms with Gasteiger partial charge in [-0.25, -0.2) is 9.18 Å². The van der Waals surface area contributed by atoms with Gasteiger partial charge in [-0.2, -0.15) is 0 Å². The van der Waals surface area contributed by atoms with Gasteiger partial charge >= 0.3 is 6.03 Å². The molecule has 0 bridgehead atoms. The number of halogens is 2. The highest BCUT2D eigenvalue weighted by atomic mass is 79.9. The fourth-order valence-electron chi connectivity index (χ4n) is 2.81. The third kappa shape index (κ3) is 5.17. The molecule has 27 heavy (non-hydrogen) atoms. The SMILES string of the molecule is CC(c1ccccc1)N(Cc1ccc(F)cc1)C(=O)Nc1ccc(Br)cc1. The van der Waals surface area contributed by atoms with Crippen LogP contribution in [0.1, 0.15) is 24.1 Å². The van der Waals surface area contributed by atoms with Crippen LogP contribution in [0, 0.1) is 5.82 Å². The van der Waals surface area contributed by atoms with Crippen molar-refractivity contribution in [3.8, 4) is 0 Å². The largest absolute Gasteiger partial charge is 0.322 e. The monoisotopic (exact) mass is 426 g/mol. The van der Waals surface area contributed by atoms with Crippen molar-refractivity contribution in [1.82, 2.24) is 4.90 Å². The van der Waals surface area contributed by atoms with Gasteiger partial charge in [-0.05, 0) is 54.4 Å². The summed E-state index contributed by atoms with van der Waals surface area (Å²) in [7, 11) is 0. The van der Waals surface area contributed by atoms with E-state index in [0.717, 1.165) is 15.6 Å². The second-order valence-electron chi connectivity index (χ2n) is 6.28. The second kappa shape index (κ2) is 8.82. The molecule has 0 radical (unpaired) electrons. The Kier molecular flexibility index (Phi) is 6.24. The minimum atomic E-state index is -0.291. The summed E-state index contributed by atoms with van der Waals surface area (Å²) in [4.78, 5) is 14.8. The fourth-order valence-corrected chi connectivity index (χ4v) is 3.08. The van der Waals surface area contributed by atoms with Crippen molar-refractivity contribution in [3.63, 3.8) is 0 Å². The van der Waals surface area contributed by atoms with Gasteiger partial charge < -0.3 is 10.2 Å². The summed E-state index contributed by atoms with van der Waals surface area (Å²) in [5.74, 6) is -0.291. The molecule has 1 N–H and O–H groups in total. The van der Waals surface area contributed by atoms with E-state index in [9.17, 15) is 9.18 Å². The smallest absolute Gasteiger partial charge is 0.313 e. The van der Waals surface area contributed by atoms with Gasteiger partial charge in [-0.1, -0.05) is 58.4 Å². The molecule has 3 aromatic carbocycles. The number of nitrogens with one attached hydrogen (secondary N) is 1. The Morgan fingerprint density at radius 2 is 1.63 bits per heavy atom. The molecular weight excluding hydrogens is 407 g/mol. The summed E-state index contributed by atoms with van der Waals surface area (Å²) in [5.41, 5.74) is 2.61. The van der Waals surface area contributed by atoms with Gasteiger partial charge in [-0.3, -0.25) is 0 Å². The van der Waals surface area contributed by atoms with Gasteiger partial charge in [0, 0.05) is 16.7 Å². The third-order valence-electron chi connectivity index (χ3n) is 4.37. The summed E-state index contributed by atoms with van der Waals surface area (Å²) >= 11 is 3.39. The normalized spacial score (nSPS) is 11.7. The fraction of sp³-hybridized carbons (Fsp3) is 0.136. The van der Waals surface area contributed by atoms with E-state index in [1.807, 2.05) is 61.5 Å². The van der Waals surface area contributed by atoms with Gasteiger partial charge in [0.1, 0.15) is 5.82 Å². The van der Waals surface area contributed by atoms with Crippen molar-refractivity contribution in [3.05, 3.63) is 100 Å². The predicted octanol–water partition coefficient (Wildman–Crippen LogP) is 6.38. The molecule has 0 fully saturated rings. The second-order valence-corrected chi connectivity index (χ2v) is 7.19. The molecule has 2 amide bonds. The van der Waals surface area contributed by atoms with Gasteiger partial charge in [0.15, 0.2) is 0 Å². The van der Waals surface area contributed by atoms with Crippen LogP contribution >= 0.6 is 15.9 Å². The number of carbonyl (C=O) groups is 1. The molecule has 0 aliphatic carbocycles. The minimum Gasteiger partial charge on any atom is -0.313 e. The van der Waals surface area contributed by atoms with E-state index in [2.05, 4.69) is 21.2 Å². The Bertz CT molecular complexity index is 882. The first kappa shape index (κ1) is 19.1. The highest BCUT2D eigenvalue weighted by Gasteiger charge is 2.22. The summed E-state index contributed by atoms with van der Waals surface area (Å²) in [6.07, 6.45) is 0. The molecule has 0 heterocycles. The van der Waals surface area contributed by atoms with E-state index in [-0.39, 0.29) is 17.9 Å². The molecule has 3 nitrogen and oxygen atoms in total. The van der Waals surface area contributed by atoms with Crippen LogP contribution in [-0.2, 0) is 6.54 Å². The van der Waals surface area contributed by atoms with E-state index in [1.165, 1.54) is 12.1 Å². The lowest BCUT2D eigenvalue weighted by Gasteiger charge is -2.30. The van der Waals surface area contributed by atoms with Crippen molar-refractivity contribution < 1.29 is 9.18 Å². The standard InChI is InChI=1S/C22H20BrFN2O/c1-16(18-5-3-2-4-6-18)26(15-17-7-11-20(24)12-8-17)22(27)25-21-13-9-19(23)10-14-21/h2-14,16H,15H2,1H3,(H,25,27). The Hall–Kier alpha value is -2.66. The lowest BCUT2D eigenvalue weighted by molar-refractivity contribution is 0.189. The van der Waals surface area contributed by atoms with Crippen LogP contribution in [-0.4, -0.2) is 10.9 Å². The Labute approximate surface area is 167 Å². The molecular formula is C22H20BrFN2O. The molecule has 0 saturated heterocycles.